The molecule has 2 heterocycles. The SMILES string of the molecule is C[C@@H]1CN(C(=O)CC(C)(C)c2nn[nH]n2)[C@H](C)CCO1. The van der Waals surface area contributed by atoms with E-state index in [1.807, 2.05) is 25.7 Å². The molecule has 0 aromatic carbocycles. The number of aromatic nitrogens is 4. The van der Waals surface area contributed by atoms with Gasteiger partial charge in [0.15, 0.2) is 5.82 Å². The number of rotatable bonds is 3. The van der Waals surface area contributed by atoms with Gasteiger partial charge in [0, 0.05) is 31.0 Å². The van der Waals surface area contributed by atoms with Crippen LogP contribution >= 0.6 is 0 Å². The van der Waals surface area contributed by atoms with E-state index in [2.05, 4.69) is 27.5 Å². The van der Waals surface area contributed by atoms with Crippen LogP contribution in [0.2, 0.25) is 0 Å². The van der Waals surface area contributed by atoms with Gasteiger partial charge in [0.1, 0.15) is 0 Å². The molecule has 20 heavy (non-hydrogen) atoms. The monoisotopic (exact) mass is 281 g/mol. The van der Waals surface area contributed by atoms with Crippen molar-refractivity contribution in [2.75, 3.05) is 13.2 Å². The Morgan fingerprint density at radius 3 is 2.90 bits per heavy atom. The van der Waals surface area contributed by atoms with E-state index in [9.17, 15) is 4.79 Å². The number of ether oxygens (including phenoxy) is 1. The topological polar surface area (TPSA) is 84.0 Å². The third-order valence-electron chi connectivity index (χ3n) is 3.79. The molecule has 0 aliphatic carbocycles. The molecule has 0 saturated carbocycles. The first-order valence-corrected chi connectivity index (χ1v) is 7.05. The second kappa shape index (κ2) is 5.87. The van der Waals surface area contributed by atoms with Crippen molar-refractivity contribution in [2.45, 2.75) is 58.1 Å². The van der Waals surface area contributed by atoms with Crippen LogP contribution in [-0.4, -0.2) is 56.7 Å². The van der Waals surface area contributed by atoms with Gasteiger partial charge < -0.3 is 9.64 Å². The lowest BCUT2D eigenvalue weighted by Crippen LogP contribution is -2.43. The lowest BCUT2D eigenvalue weighted by atomic mass is 9.87. The van der Waals surface area contributed by atoms with Gasteiger partial charge in [-0.3, -0.25) is 4.79 Å². The summed E-state index contributed by atoms with van der Waals surface area (Å²) >= 11 is 0. The summed E-state index contributed by atoms with van der Waals surface area (Å²) in [7, 11) is 0. The molecule has 1 saturated heterocycles. The predicted octanol–water partition coefficient (Wildman–Crippen LogP) is 0.893. The molecule has 1 aliphatic rings. The Hall–Kier alpha value is -1.50. The van der Waals surface area contributed by atoms with E-state index in [1.165, 1.54) is 0 Å². The van der Waals surface area contributed by atoms with Crippen molar-refractivity contribution in [2.24, 2.45) is 0 Å². The van der Waals surface area contributed by atoms with E-state index < -0.39 is 5.41 Å². The molecule has 0 radical (unpaired) electrons. The van der Waals surface area contributed by atoms with Crippen molar-refractivity contribution >= 4 is 5.91 Å². The van der Waals surface area contributed by atoms with Gasteiger partial charge in [-0.1, -0.05) is 19.1 Å². The summed E-state index contributed by atoms with van der Waals surface area (Å²) < 4.78 is 5.62. The number of nitrogens with one attached hydrogen (secondary N) is 1. The number of carbonyl (C=O) groups excluding carboxylic acids is 1. The van der Waals surface area contributed by atoms with Crippen LogP contribution in [-0.2, 0) is 14.9 Å². The predicted molar refractivity (Wildman–Crippen MR) is 73.0 cm³/mol. The van der Waals surface area contributed by atoms with Crippen LogP contribution in [0.25, 0.3) is 0 Å². The summed E-state index contributed by atoms with van der Waals surface area (Å²) in [6, 6.07) is 0.202. The molecule has 2 rings (SSSR count). The largest absolute Gasteiger partial charge is 0.377 e. The van der Waals surface area contributed by atoms with Crippen LogP contribution < -0.4 is 0 Å². The molecule has 0 spiro atoms. The van der Waals surface area contributed by atoms with Crippen molar-refractivity contribution < 1.29 is 9.53 Å². The fraction of sp³-hybridized carbons (Fsp3) is 0.846. The third kappa shape index (κ3) is 3.33. The van der Waals surface area contributed by atoms with Gasteiger partial charge in [-0.15, -0.1) is 10.2 Å². The van der Waals surface area contributed by atoms with Gasteiger partial charge >= 0.3 is 0 Å². The zero-order valence-electron chi connectivity index (χ0n) is 12.6. The first kappa shape index (κ1) is 14.9. The van der Waals surface area contributed by atoms with E-state index in [1.54, 1.807) is 0 Å². The number of carbonyl (C=O) groups is 1. The van der Waals surface area contributed by atoms with Crippen molar-refractivity contribution in [3.8, 4) is 0 Å². The van der Waals surface area contributed by atoms with Crippen LogP contribution in [0.15, 0.2) is 0 Å². The average molecular weight is 281 g/mol. The van der Waals surface area contributed by atoms with Crippen molar-refractivity contribution in [3.05, 3.63) is 5.82 Å². The minimum absolute atomic E-state index is 0.0807. The number of aromatic amines is 1. The Bertz CT molecular complexity index is 446. The van der Waals surface area contributed by atoms with Crippen molar-refractivity contribution in [3.63, 3.8) is 0 Å². The molecule has 0 bridgehead atoms. The number of tetrazole rings is 1. The van der Waals surface area contributed by atoms with Crippen molar-refractivity contribution in [1.82, 2.24) is 25.5 Å². The minimum Gasteiger partial charge on any atom is -0.377 e. The molecular weight excluding hydrogens is 258 g/mol. The van der Waals surface area contributed by atoms with Gasteiger partial charge in [0.05, 0.1) is 6.10 Å². The van der Waals surface area contributed by atoms with E-state index in [0.29, 0.717) is 25.4 Å². The molecule has 7 nitrogen and oxygen atoms in total. The molecule has 1 aromatic rings. The Morgan fingerprint density at radius 1 is 1.50 bits per heavy atom. The highest BCUT2D eigenvalue weighted by Crippen LogP contribution is 2.25. The number of nitrogens with zero attached hydrogens (tertiary/aromatic N) is 4. The highest BCUT2D eigenvalue weighted by Gasteiger charge is 2.33. The fourth-order valence-electron chi connectivity index (χ4n) is 2.46. The average Bonchev–Trinajstić information content (AvgIpc) is 2.84. The Labute approximate surface area is 119 Å². The molecule has 7 heteroatoms. The van der Waals surface area contributed by atoms with E-state index in [-0.39, 0.29) is 18.1 Å². The summed E-state index contributed by atoms with van der Waals surface area (Å²) in [4.78, 5) is 14.5. The molecule has 112 valence electrons. The highest BCUT2D eigenvalue weighted by atomic mass is 16.5. The lowest BCUT2D eigenvalue weighted by molar-refractivity contribution is -0.135. The third-order valence-corrected chi connectivity index (χ3v) is 3.79. The Kier molecular flexibility index (Phi) is 4.37. The molecule has 0 unspecified atom stereocenters. The normalized spacial score (nSPS) is 24.5. The van der Waals surface area contributed by atoms with Crippen LogP contribution in [0.5, 0.6) is 0 Å². The molecule has 1 N–H and O–H groups in total. The molecule has 1 aromatic heterocycles. The first-order chi connectivity index (χ1) is 9.40. The zero-order chi connectivity index (χ0) is 14.8. The minimum atomic E-state index is -0.430. The highest BCUT2D eigenvalue weighted by molar-refractivity contribution is 5.78. The van der Waals surface area contributed by atoms with E-state index in [0.717, 1.165) is 6.42 Å². The molecule has 2 atom stereocenters. The first-order valence-electron chi connectivity index (χ1n) is 7.05. The summed E-state index contributed by atoms with van der Waals surface area (Å²) in [5.74, 6) is 0.683. The maximum absolute atomic E-state index is 12.6. The molecule has 1 fully saturated rings. The maximum atomic E-state index is 12.6. The van der Waals surface area contributed by atoms with Gasteiger partial charge in [0.2, 0.25) is 5.91 Å². The summed E-state index contributed by atoms with van der Waals surface area (Å²) in [5, 5.41) is 14.0. The summed E-state index contributed by atoms with van der Waals surface area (Å²) in [6.45, 7) is 9.34. The van der Waals surface area contributed by atoms with E-state index >= 15 is 0 Å². The molecule has 1 amide bonds. The van der Waals surface area contributed by atoms with Gasteiger partial charge in [0.25, 0.3) is 0 Å². The van der Waals surface area contributed by atoms with Crippen LogP contribution in [0.4, 0.5) is 0 Å². The standard InChI is InChI=1S/C13H23N5O2/c1-9-5-6-20-10(2)8-18(9)11(19)7-13(3,4)12-14-16-17-15-12/h9-10H,5-8H2,1-4H3,(H,14,15,16,17)/t9-,10-/m1/s1. The Balaban J connectivity index is 2.06. The smallest absolute Gasteiger partial charge is 0.223 e. The summed E-state index contributed by atoms with van der Waals surface area (Å²) in [5.41, 5.74) is -0.430. The zero-order valence-corrected chi connectivity index (χ0v) is 12.6. The van der Waals surface area contributed by atoms with Gasteiger partial charge in [-0.25, -0.2) is 0 Å². The van der Waals surface area contributed by atoms with Crippen molar-refractivity contribution in [1.29, 1.82) is 0 Å². The van der Waals surface area contributed by atoms with Crippen LogP contribution in [0.3, 0.4) is 0 Å². The molecular formula is C13H23N5O2. The second-order valence-electron chi connectivity index (χ2n) is 6.16. The quantitative estimate of drug-likeness (QED) is 0.889. The second-order valence-corrected chi connectivity index (χ2v) is 6.16. The lowest BCUT2D eigenvalue weighted by Gasteiger charge is -2.31. The maximum Gasteiger partial charge on any atom is 0.223 e. The van der Waals surface area contributed by atoms with Crippen LogP contribution in [0.1, 0.15) is 46.4 Å². The Morgan fingerprint density at radius 2 is 2.25 bits per heavy atom. The van der Waals surface area contributed by atoms with Crippen LogP contribution in [0, 0.1) is 0 Å². The molecule has 1 aliphatic heterocycles. The summed E-state index contributed by atoms with van der Waals surface area (Å²) in [6.07, 6.45) is 1.32. The number of hydrogen-bond donors (Lipinski definition) is 1. The number of H-pyrrole nitrogens is 1. The number of amides is 1. The van der Waals surface area contributed by atoms with E-state index in [4.69, 9.17) is 4.74 Å². The number of hydrogen-bond acceptors (Lipinski definition) is 5. The fourth-order valence-corrected chi connectivity index (χ4v) is 2.46. The van der Waals surface area contributed by atoms with Gasteiger partial charge in [-0.05, 0) is 20.3 Å². The van der Waals surface area contributed by atoms with Gasteiger partial charge in [-0.2, -0.15) is 5.21 Å².